The lowest BCUT2D eigenvalue weighted by atomic mass is 10.2. The monoisotopic (exact) mass is 306 g/mol. The van der Waals surface area contributed by atoms with E-state index in [1.807, 2.05) is 13.8 Å². The van der Waals surface area contributed by atoms with Gasteiger partial charge in [0.05, 0.1) is 12.3 Å². The van der Waals surface area contributed by atoms with Crippen molar-refractivity contribution in [2.24, 2.45) is 0 Å². The van der Waals surface area contributed by atoms with E-state index in [2.05, 4.69) is 23.5 Å². The van der Waals surface area contributed by atoms with Crippen molar-refractivity contribution in [2.75, 3.05) is 19.3 Å². The summed E-state index contributed by atoms with van der Waals surface area (Å²) in [5.41, 5.74) is 2.36. The normalized spacial score (nSPS) is 13.9. The van der Waals surface area contributed by atoms with Crippen molar-refractivity contribution in [1.82, 2.24) is 10.2 Å². The van der Waals surface area contributed by atoms with Gasteiger partial charge in [0.2, 0.25) is 11.8 Å². The molecule has 1 saturated carbocycles. The fourth-order valence-electron chi connectivity index (χ4n) is 1.92. The van der Waals surface area contributed by atoms with Gasteiger partial charge < -0.3 is 10.2 Å². The number of hydrogen-bond donors (Lipinski definition) is 1. The summed E-state index contributed by atoms with van der Waals surface area (Å²) in [7, 11) is 1.68. The molecule has 5 heteroatoms. The molecule has 0 bridgehead atoms. The van der Waals surface area contributed by atoms with Gasteiger partial charge in [0.1, 0.15) is 0 Å². The van der Waals surface area contributed by atoms with E-state index in [1.54, 1.807) is 7.05 Å². The van der Waals surface area contributed by atoms with Crippen LogP contribution in [-0.4, -0.2) is 42.1 Å². The molecular formula is C16H22N2O2S. The first-order valence-electron chi connectivity index (χ1n) is 7.19. The number of thioether (sulfide) groups is 1. The summed E-state index contributed by atoms with van der Waals surface area (Å²) in [4.78, 5) is 26.4. The lowest BCUT2D eigenvalue weighted by Crippen LogP contribution is -2.39. The van der Waals surface area contributed by atoms with Gasteiger partial charge in [-0.15, -0.1) is 11.8 Å². The van der Waals surface area contributed by atoms with E-state index < -0.39 is 0 Å². The number of hydrogen-bond acceptors (Lipinski definition) is 3. The van der Waals surface area contributed by atoms with Gasteiger partial charge in [-0.25, -0.2) is 0 Å². The van der Waals surface area contributed by atoms with Gasteiger partial charge in [0, 0.05) is 18.0 Å². The molecule has 4 nitrogen and oxygen atoms in total. The molecule has 0 aromatic heterocycles. The highest BCUT2D eigenvalue weighted by molar-refractivity contribution is 8.00. The van der Waals surface area contributed by atoms with Crippen LogP contribution in [0.1, 0.15) is 24.0 Å². The minimum absolute atomic E-state index is 0.0214. The van der Waals surface area contributed by atoms with Crippen LogP contribution in [0.5, 0.6) is 0 Å². The largest absolute Gasteiger partial charge is 0.352 e. The Bertz CT molecular complexity index is 541. The molecule has 0 atom stereocenters. The Morgan fingerprint density at radius 3 is 2.71 bits per heavy atom. The molecular weight excluding hydrogens is 284 g/mol. The Kier molecular flexibility index (Phi) is 5.28. The zero-order chi connectivity index (χ0) is 15.4. The first kappa shape index (κ1) is 15.9. The molecule has 1 aliphatic carbocycles. The molecule has 1 N–H and O–H groups in total. The summed E-state index contributed by atoms with van der Waals surface area (Å²) in [5.74, 6) is 0.272. The van der Waals surface area contributed by atoms with Crippen molar-refractivity contribution in [1.29, 1.82) is 0 Å². The second kappa shape index (κ2) is 6.98. The third-order valence-electron chi connectivity index (χ3n) is 3.44. The third-order valence-corrected chi connectivity index (χ3v) is 4.59. The molecule has 1 aliphatic rings. The van der Waals surface area contributed by atoms with Crippen LogP contribution in [0.25, 0.3) is 0 Å². The summed E-state index contributed by atoms with van der Waals surface area (Å²) in [5, 5.41) is 2.89. The summed E-state index contributed by atoms with van der Waals surface area (Å²) in [6.45, 7) is 4.22. The lowest BCUT2D eigenvalue weighted by Gasteiger charge is -2.17. The van der Waals surface area contributed by atoms with E-state index in [1.165, 1.54) is 27.8 Å². The van der Waals surface area contributed by atoms with Crippen molar-refractivity contribution in [3.63, 3.8) is 0 Å². The smallest absolute Gasteiger partial charge is 0.239 e. The van der Waals surface area contributed by atoms with Crippen LogP contribution in [0.2, 0.25) is 0 Å². The maximum atomic E-state index is 12.1. The van der Waals surface area contributed by atoms with Crippen molar-refractivity contribution >= 4 is 23.6 Å². The van der Waals surface area contributed by atoms with E-state index in [4.69, 9.17) is 0 Å². The number of nitrogens with one attached hydrogen (secondary N) is 1. The van der Waals surface area contributed by atoms with Crippen molar-refractivity contribution in [3.05, 3.63) is 29.3 Å². The Hall–Kier alpha value is -1.49. The molecule has 0 unspecified atom stereocenters. The van der Waals surface area contributed by atoms with Gasteiger partial charge in [-0.2, -0.15) is 0 Å². The number of carbonyl (C=O) groups is 2. The number of aryl methyl sites for hydroxylation is 2. The van der Waals surface area contributed by atoms with Gasteiger partial charge in [0.25, 0.3) is 0 Å². The topological polar surface area (TPSA) is 49.4 Å². The SMILES string of the molecule is Cc1ccc(C)c(SCC(=O)N(C)CC(=O)NC2CC2)c1. The predicted octanol–water partition coefficient (Wildman–Crippen LogP) is 2.13. The molecule has 2 rings (SSSR count). The van der Waals surface area contributed by atoms with E-state index in [0.717, 1.165) is 17.7 Å². The lowest BCUT2D eigenvalue weighted by molar-refractivity contribution is -0.132. The number of likely N-dealkylation sites (N-methyl/N-ethyl adjacent to an activating group) is 1. The summed E-state index contributed by atoms with van der Waals surface area (Å²) < 4.78 is 0. The standard InChI is InChI=1S/C16H22N2O2S/c1-11-4-5-12(2)14(8-11)21-10-16(20)18(3)9-15(19)17-13-6-7-13/h4-5,8,13H,6-7,9-10H2,1-3H3,(H,17,19). The molecule has 0 heterocycles. The Morgan fingerprint density at radius 2 is 2.05 bits per heavy atom. The van der Waals surface area contributed by atoms with Crippen LogP contribution in [-0.2, 0) is 9.59 Å². The van der Waals surface area contributed by atoms with Gasteiger partial charge in [-0.1, -0.05) is 17.7 Å². The highest BCUT2D eigenvalue weighted by Crippen LogP contribution is 2.23. The summed E-state index contributed by atoms with van der Waals surface area (Å²) >= 11 is 1.53. The fourth-order valence-corrected chi connectivity index (χ4v) is 2.98. The van der Waals surface area contributed by atoms with Crippen LogP contribution in [0.15, 0.2) is 23.1 Å². The third kappa shape index (κ3) is 5.08. The Balaban J connectivity index is 1.79. The van der Waals surface area contributed by atoms with Gasteiger partial charge in [-0.05, 0) is 38.3 Å². The summed E-state index contributed by atoms with van der Waals surface area (Å²) in [6, 6.07) is 6.56. The van der Waals surface area contributed by atoms with Crippen LogP contribution in [0.3, 0.4) is 0 Å². The van der Waals surface area contributed by atoms with E-state index in [-0.39, 0.29) is 18.4 Å². The molecule has 1 aromatic rings. The first-order valence-corrected chi connectivity index (χ1v) is 8.17. The second-order valence-electron chi connectivity index (χ2n) is 5.65. The van der Waals surface area contributed by atoms with Gasteiger partial charge in [0.15, 0.2) is 0 Å². The second-order valence-corrected chi connectivity index (χ2v) is 6.67. The highest BCUT2D eigenvalue weighted by atomic mass is 32.2. The molecule has 2 amide bonds. The Labute approximate surface area is 130 Å². The average molecular weight is 306 g/mol. The number of amides is 2. The number of rotatable bonds is 6. The molecule has 1 aromatic carbocycles. The minimum atomic E-state index is -0.0647. The summed E-state index contributed by atoms with van der Waals surface area (Å²) in [6.07, 6.45) is 2.12. The van der Waals surface area contributed by atoms with Crippen LogP contribution in [0.4, 0.5) is 0 Å². The van der Waals surface area contributed by atoms with Crippen molar-refractivity contribution in [2.45, 2.75) is 37.6 Å². The molecule has 114 valence electrons. The quantitative estimate of drug-likeness (QED) is 0.819. The Morgan fingerprint density at radius 1 is 1.33 bits per heavy atom. The maximum absolute atomic E-state index is 12.1. The zero-order valence-electron chi connectivity index (χ0n) is 12.8. The first-order chi connectivity index (χ1) is 9.95. The zero-order valence-corrected chi connectivity index (χ0v) is 13.6. The van der Waals surface area contributed by atoms with Gasteiger partial charge in [-0.3, -0.25) is 9.59 Å². The number of benzene rings is 1. The van der Waals surface area contributed by atoms with Crippen molar-refractivity contribution in [3.8, 4) is 0 Å². The van der Waals surface area contributed by atoms with E-state index in [9.17, 15) is 9.59 Å². The van der Waals surface area contributed by atoms with Crippen molar-refractivity contribution < 1.29 is 9.59 Å². The van der Waals surface area contributed by atoms with Crippen LogP contribution < -0.4 is 5.32 Å². The number of nitrogens with zero attached hydrogens (tertiary/aromatic N) is 1. The fraction of sp³-hybridized carbons (Fsp3) is 0.500. The van der Waals surface area contributed by atoms with Crippen LogP contribution in [0, 0.1) is 13.8 Å². The van der Waals surface area contributed by atoms with Gasteiger partial charge >= 0.3 is 0 Å². The molecule has 0 aliphatic heterocycles. The highest BCUT2D eigenvalue weighted by Gasteiger charge is 2.24. The molecule has 0 spiro atoms. The van der Waals surface area contributed by atoms with E-state index in [0.29, 0.717) is 11.8 Å². The minimum Gasteiger partial charge on any atom is -0.352 e. The van der Waals surface area contributed by atoms with Crippen LogP contribution >= 0.6 is 11.8 Å². The molecule has 0 saturated heterocycles. The van der Waals surface area contributed by atoms with E-state index >= 15 is 0 Å². The number of carbonyl (C=O) groups excluding carboxylic acids is 2. The average Bonchev–Trinajstić information content (AvgIpc) is 3.23. The molecule has 0 radical (unpaired) electrons. The molecule has 21 heavy (non-hydrogen) atoms. The predicted molar refractivity (Wildman–Crippen MR) is 85.4 cm³/mol. The maximum Gasteiger partial charge on any atom is 0.239 e. The molecule has 1 fully saturated rings.